The fraction of sp³-hybridized carbons (Fsp3) is 0.263. The predicted octanol–water partition coefficient (Wildman–Crippen LogP) is 2.93. The van der Waals surface area contributed by atoms with Gasteiger partial charge in [0, 0.05) is 0 Å². The second kappa shape index (κ2) is 7.51. The summed E-state index contributed by atoms with van der Waals surface area (Å²) in [6.45, 7) is -1.88. The molecule has 28 heavy (non-hydrogen) atoms. The van der Waals surface area contributed by atoms with Gasteiger partial charge in [-0.2, -0.15) is 8.78 Å². The van der Waals surface area contributed by atoms with Crippen LogP contribution in [0.3, 0.4) is 0 Å². The van der Waals surface area contributed by atoms with Gasteiger partial charge in [0.25, 0.3) is 5.91 Å². The van der Waals surface area contributed by atoms with Gasteiger partial charge in [-0.1, -0.05) is 24.3 Å². The molecule has 1 aliphatic heterocycles. The smallest absolute Gasteiger partial charge is 0.387 e. The van der Waals surface area contributed by atoms with Gasteiger partial charge in [0.15, 0.2) is 0 Å². The van der Waals surface area contributed by atoms with Crippen LogP contribution in [0.2, 0.25) is 0 Å². The monoisotopic (exact) mass is 394 g/mol. The SMILES string of the molecule is CC1(c2ccc(OC(F)F)cc2)NC(=O)N(CC(O)c2cccc(F)c2)C1=O. The number of imide groups is 1. The van der Waals surface area contributed by atoms with Crippen LogP contribution < -0.4 is 10.1 Å². The Morgan fingerprint density at radius 3 is 2.46 bits per heavy atom. The Balaban J connectivity index is 1.78. The van der Waals surface area contributed by atoms with Gasteiger partial charge in [-0.3, -0.25) is 9.69 Å². The summed E-state index contributed by atoms with van der Waals surface area (Å²) in [4.78, 5) is 26.0. The summed E-state index contributed by atoms with van der Waals surface area (Å²) >= 11 is 0. The quantitative estimate of drug-likeness (QED) is 0.739. The number of nitrogens with one attached hydrogen (secondary N) is 1. The Morgan fingerprint density at radius 2 is 1.86 bits per heavy atom. The van der Waals surface area contributed by atoms with Crippen molar-refractivity contribution in [3.05, 3.63) is 65.5 Å². The number of aliphatic hydroxyl groups excluding tert-OH is 1. The molecule has 0 spiro atoms. The highest BCUT2D eigenvalue weighted by atomic mass is 19.3. The van der Waals surface area contributed by atoms with E-state index in [1.807, 2.05) is 0 Å². The van der Waals surface area contributed by atoms with Crippen LogP contribution in [-0.4, -0.2) is 35.1 Å². The lowest BCUT2D eigenvalue weighted by Gasteiger charge is -2.23. The topological polar surface area (TPSA) is 78.9 Å². The molecule has 0 aromatic heterocycles. The van der Waals surface area contributed by atoms with E-state index in [1.54, 1.807) is 0 Å². The van der Waals surface area contributed by atoms with Gasteiger partial charge in [-0.15, -0.1) is 0 Å². The number of amides is 3. The number of aliphatic hydroxyl groups is 1. The zero-order valence-electron chi connectivity index (χ0n) is 14.7. The van der Waals surface area contributed by atoms with Crippen molar-refractivity contribution in [3.63, 3.8) is 0 Å². The lowest BCUT2D eigenvalue weighted by molar-refractivity contribution is -0.132. The minimum absolute atomic E-state index is 0.0856. The average Bonchev–Trinajstić information content (AvgIpc) is 2.86. The predicted molar refractivity (Wildman–Crippen MR) is 92.0 cm³/mol. The van der Waals surface area contributed by atoms with Gasteiger partial charge >= 0.3 is 12.6 Å². The van der Waals surface area contributed by atoms with Gasteiger partial charge < -0.3 is 15.2 Å². The zero-order chi connectivity index (χ0) is 20.5. The molecule has 0 radical (unpaired) electrons. The molecule has 2 N–H and O–H groups in total. The molecule has 0 bridgehead atoms. The molecule has 3 rings (SSSR count). The largest absolute Gasteiger partial charge is 0.435 e. The second-order valence-corrected chi connectivity index (χ2v) is 6.44. The van der Waals surface area contributed by atoms with Crippen LogP contribution in [0.4, 0.5) is 18.0 Å². The molecule has 1 saturated heterocycles. The minimum Gasteiger partial charge on any atom is -0.435 e. The summed E-state index contributed by atoms with van der Waals surface area (Å²) in [7, 11) is 0. The van der Waals surface area contributed by atoms with Crippen LogP contribution in [0.15, 0.2) is 48.5 Å². The maximum Gasteiger partial charge on any atom is 0.387 e. The van der Waals surface area contributed by atoms with Gasteiger partial charge in [-0.05, 0) is 42.3 Å². The number of carbonyl (C=O) groups is 2. The van der Waals surface area contributed by atoms with E-state index in [-0.39, 0.29) is 17.9 Å². The van der Waals surface area contributed by atoms with Crippen molar-refractivity contribution in [3.8, 4) is 5.75 Å². The van der Waals surface area contributed by atoms with Gasteiger partial charge in [0.2, 0.25) is 0 Å². The van der Waals surface area contributed by atoms with E-state index in [9.17, 15) is 27.9 Å². The number of urea groups is 1. The highest BCUT2D eigenvalue weighted by molar-refractivity contribution is 6.07. The summed E-state index contributed by atoms with van der Waals surface area (Å²) < 4.78 is 42.1. The van der Waals surface area contributed by atoms with Crippen molar-refractivity contribution in [2.24, 2.45) is 0 Å². The highest BCUT2D eigenvalue weighted by Crippen LogP contribution is 2.31. The fourth-order valence-electron chi connectivity index (χ4n) is 3.02. The van der Waals surface area contributed by atoms with E-state index in [4.69, 9.17) is 0 Å². The minimum atomic E-state index is -2.98. The van der Waals surface area contributed by atoms with E-state index in [2.05, 4.69) is 10.1 Å². The molecule has 2 aromatic carbocycles. The third kappa shape index (κ3) is 3.79. The number of carbonyl (C=O) groups excluding carboxylic acids is 2. The Hall–Kier alpha value is -3.07. The van der Waals surface area contributed by atoms with Gasteiger partial charge in [0.05, 0.1) is 12.6 Å². The van der Waals surface area contributed by atoms with Crippen molar-refractivity contribution in [1.29, 1.82) is 0 Å². The lowest BCUT2D eigenvalue weighted by atomic mass is 9.92. The molecule has 2 unspecified atom stereocenters. The Morgan fingerprint density at radius 1 is 1.18 bits per heavy atom. The van der Waals surface area contributed by atoms with Crippen molar-refractivity contribution < 1.29 is 32.6 Å². The number of rotatable bonds is 6. The summed E-state index contributed by atoms with van der Waals surface area (Å²) in [6.07, 6.45) is -1.27. The number of β-amino-alcohol motifs (C(OH)–C–C–N with tert-alkyl or cyclic N) is 1. The molecule has 2 atom stereocenters. The molecule has 0 saturated carbocycles. The summed E-state index contributed by atoms with van der Waals surface area (Å²) in [5, 5.41) is 12.8. The molecule has 148 valence electrons. The van der Waals surface area contributed by atoms with E-state index in [1.165, 1.54) is 49.4 Å². The van der Waals surface area contributed by atoms with Crippen LogP contribution in [0, 0.1) is 5.82 Å². The third-order valence-corrected chi connectivity index (χ3v) is 4.52. The maximum absolute atomic E-state index is 13.3. The average molecular weight is 394 g/mol. The van der Waals surface area contributed by atoms with E-state index >= 15 is 0 Å². The molecular weight excluding hydrogens is 377 g/mol. The fourth-order valence-corrected chi connectivity index (χ4v) is 3.02. The van der Waals surface area contributed by atoms with Crippen molar-refractivity contribution in [2.75, 3.05) is 6.54 Å². The first kappa shape index (κ1) is 19.7. The molecule has 6 nitrogen and oxygen atoms in total. The molecule has 1 fully saturated rings. The molecule has 2 aromatic rings. The Kier molecular flexibility index (Phi) is 5.28. The molecule has 1 heterocycles. The third-order valence-electron chi connectivity index (χ3n) is 4.52. The van der Waals surface area contributed by atoms with Crippen molar-refractivity contribution in [1.82, 2.24) is 10.2 Å². The number of hydrogen-bond donors (Lipinski definition) is 2. The number of hydrogen-bond acceptors (Lipinski definition) is 4. The van der Waals surface area contributed by atoms with Crippen LogP contribution in [0.1, 0.15) is 24.2 Å². The highest BCUT2D eigenvalue weighted by Gasteiger charge is 2.49. The van der Waals surface area contributed by atoms with Crippen LogP contribution in [0.5, 0.6) is 5.75 Å². The van der Waals surface area contributed by atoms with E-state index < -0.39 is 36.0 Å². The Bertz CT molecular complexity index is 891. The molecule has 9 heteroatoms. The first-order chi connectivity index (χ1) is 13.2. The molecule has 3 amide bonds. The molecule has 1 aliphatic rings. The number of nitrogens with zero attached hydrogens (tertiary/aromatic N) is 1. The van der Waals surface area contributed by atoms with E-state index in [0.717, 1.165) is 11.0 Å². The second-order valence-electron chi connectivity index (χ2n) is 6.44. The maximum atomic E-state index is 13.3. The Labute approximate surface area is 158 Å². The number of halogens is 3. The number of ether oxygens (including phenoxy) is 1. The van der Waals surface area contributed by atoms with Crippen LogP contribution in [-0.2, 0) is 10.3 Å². The van der Waals surface area contributed by atoms with Crippen molar-refractivity contribution >= 4 is 11.9 Å². The number of alkyl halides is 2. The van der Waals surface area contributed by atoms with Gasteiger partial charge in [0.1, 0.15) is 17.1 Å². The summed E-state index contributed by atoms with van der Waals surface area (Å²) in [5.41, 5.74) is -0.861. The van der Waals surface area contributed by atoms with Gasteiger partial charge in [-0.25, -0.2) is 9.18 Å². The standard InChI is InChI=1S/C19H17F3N2O4/c1-19(12-5-7-14(8-6-12)28-17(21)22)16(26)24(18(27)23-19)10-15(25)11-3-2-4-13(20)9-11/h2-9,15,17,25H,10H2,1H3,(H,23,27). The van der Waals surface area contributed by atoms with Crippen LogP contribution in [0.25, 0.3) is 0 Å². The van der Waals surface area contributed by atoms with Crippen LogP contribution >= 0.6 is 0 Å². The number of benzene rings is 2. The normalized spacial score (nSPS) is 20.4. The summed E-state index contributed by atoms with van der Waals surface area (Å²) in [6, 6.07) is 9.79. The first-order valence-corrected chi connectivity index (χ1v) is 8.33. The summed E-state index contributed by atoms with van der Waals surface area (Å²) in [5.74, 6) is -1.27. The zero-order valence-corrected chi connectivity index (χ0v) is 14.7. The molecule has 0 aliphatic carbocycles. The van der Waals surface area contributed by atoms with Crippen molar-refractivity contribution in [2.45, 2.75) is 25.2 Å². The molecular formula is C19H17F3N2O4. The first-order valence-electron chi connectivity index (χ1n) is 8.33. The lowest BCUT2D eigenvalue weighted by Crippen LogP contribution is -2.41. The van der Waals surface area contributed by atoms with E-state index in [0.29, 0.717) is 5.56 Å².